The number of nitrogens with one attached hydrogen (secondary N) is 19. The molecule has 34 N–H and O–H groups in total. The molecule has 0 aliphatic rings. The van der Waals surface area contributed by atoms with Crippen molar-refractivity contribution in [3.63, 3.8) is 0 Å². The lowest BCUT2D eigenvalue weighted by atomic mass is 10.00. The van der Waals surface area contributed by atoms with Crippen LogP contribution in [0.5, 0.6) is 5.75 Å². The van der Waals surface area contributed by atoms with Crippen molar-refractivity contribution in [3.8, 4) is 5.75 Å². The molecule has 0 radical (unpaired) electrons. The summed E-state index contributed by atoms with van der Waals surface area (Å²) in [5, 5.41) is 151. The summed E-state index contributed by atoms with van der Waals surface area (Å²) in [6.45, 7) is 7.46. The number of hydrogen-bond donors (Lipinski definition) is 32. The maximum Gasteiger partial charge on any atom is 0.325 e. The van der Waals surface area contributed by atoms with Gasteiger partial charge in [0.25, 0.3) is 0 Å². The standard InChI is InChI=1S/C88H130N22O35/c1-39(2)28-54(76(133)98-53(23-27-65(123)124)75(132)97-52(22-26-64(121)122)74(131)96-51(20-24-61(90)117)73(130)94-41(5)70(127)95-42(6)86(143)144)99-77(134)55(30-46-16-18-48(116)19-17-46)100-80(137)58(35-111)103-82(139)60(37-113)104-83(140)67(40(3)4)108-79(136)57(32-66(125)126)101-81(138)59(36-112)105-85(142)69(44(8)115)109-78(135)56(29-45-14-12-11-13-15-45)102-84(141)68(43(7)114)107-62(118)34-92-72(129)50(21-25-63(119)120)106-87(145)88(9,10)110-71(128)49(89)31-47-33-91-38-93-47/h11-19,33,38-44,49-60,67-69,111-116H,20-32,34-37,89H2,1-10H3,(H2,90,117)(H,91,93)(H,92,129)(H,94,130)(H,95,127)(H,96,131)(H,97,132)(H,98,133)(H,99,134)(H,100,137)(H,101,138)(H,102,141)(H,103,139)(H,104,140)(H,105,142)(H,106,145)(H,107,118)(H,108,136)(H,109,135)(H,110,128)(H,119,120)(H,121,122)(H,123,124)(H,125,126)(H,143,144)/t41-,42-,43+,44+,49-,50-,51-,52-,53-,54-,55-,56-,57-,58-,59-,60-,67-,68-,69-/m0/s1. The molecule has 1 aromatic heterocycles. The Balaban J connectivity index is 1.86. The van der Waals surface area contributed by atoms with E-state index < -0.39 is 371 Å². The number of primary amides is 1. The van der Waals surface area contributed by atoms with Gasteiger partial charge in [-0.15, -0.1) is 0 Å². The molecule has 19 amide bonds. The third-order valence-corrected chi connectivity index (χ3v) is 21.5. The highest BCUT2D eigenvalue weighted by Crippen LogP contribution is 2.18. The Labute approximate surface area is 828 Å². The van der Waals surface area contributed by atoms with Crippen LogP contribution in [0.4, 0.5) is 0 Å². The van der Waals surface area contributed by atoms with Gasteiger partial charge in [-0.2, -0.15) is 0 Å². The van der Waals surface area contributed by atoms with Crippen molar-refractivity contribution >= 4 is 142 Å². The van der Waals surface area contributed by atoms with Crippen LogP contribution in [-0.4, -0.2) is 355 Å². The van der Waals surface area contributed by atoms with Gasteiger partial charge in [-0.1, -0.05) is 70.2 Å². The summed E-state index contributed by atoms with van der Waals surface area (Å²) in [5.41, 5.74) is 10.5. The van der Waals surface area contributed by atoms with E-state index in [2.05, 4.69) is 95.0 Å². The Morgan fingerprint density at radius 2 is 0.745 bits per heavy atom. The van der Waals surface area contributed by atoms with Gasteiger partial charge in [0.1, 0.15) is 108 Å². The molecule has 0 fully saturated rings. The van der Waals surface area contributed by atoms with E-state index in [4.69, 9.17) is 11.5 Å². The zero-order valence-electron chi connectivity index (χ0n) is 80.8. The summed E-state index contributed by atoms with van der Waals surface area (Å²) in [6, 6.07) is -19.0. The molecule has 802 valence electrons. The minimum atomic E-state index is -2.24. The Bertz CT molecular complexity index is 5030. The molecule has 0 bridgehead atoms. The fourth-order valence-electron chi connectivity index (χ4n) is 13.3. The van der Waals surface area contributed by atoms with Crippen LogP contribution >= 0.6 is 0 Å². The highest BCUT2D eigenvalue weighted by atomic mass is 16.4. The second kappa shape index (κ2) is 60.7. The largest absolute Gasteiger partial charge is 0.508 e. The van der Waals surface area contributed by atoms with Crippen LogP contribution < -0.4 is 107 Å². The Morgan fingerprint density at radius 3 is 1.17 bits per heavy atom. The number of nitrogens with zero attached hydrogens (tertiary/aromatic N) is 1. The highest BCUT2D eigenvalue weighted by molar-refractivity contribution is 6.03. The Kier molecular flexibility index (Phi) is 51.8. The molecule has 3 aromatic rings. The molecule has 0 saturated heterocycles. The second-order valence-corrected chi connectivity index (χ2v) is 35.0. The summed E-state index contributed by atoms with van der Waals surface area (Å²) >= 11 is 0. The minimum Gasteiger partial charge on any atom is -0.508 e. The number of benzene rings is 2. The molecule has 57 heteroatoms. The molecule has 145 heavy (non-hydrogen) atoms. The number of hydrogen-bond acceptors (Lipinski definition) is 32. The van der Waals surface area contributed by atoms with Gasteiger partial charge in [0, 0.05) is 51.1 Å². The van der Waals surface area contributed by atoms with E-state index in [0.29, 0.717) is 11.3 Å². The molecule has 3 rings (SSSR count). The fourth-order valence-corrected chi connectivity index (χ4v) is 13.3. The topological polar surface area (TPSA) is 929 Å². The van der Waals surface area contributed by atoms with Gasteiger partial charge in [-0.3, -0.25) is 115 Å². The van der Waals surface area contributed by atoms with E-state index in [-0.39, 0.29) is 24.2 Å². The van der Waals surface area contributed by atoms with Gasteiger partial charge in [0.2, 0.25) is 112 Å². The SMILES string of the molecule is CC(C)C[C@H](NC(=O)[C@H](Cc1ccc(O)cc1)NC(=O)[C@H](CO)NC(=O)[C@H](CO)NC(=O)[C@@H](NC(=O)[C@H](CC(=O)O)NC(=O)[C@H](CO)NC(=O)[C@@H](NC(=O)[C@H](Cc1ccccc1)NC(=O)[C@@H](NC(=O)CNC(=O)[C@H](CCC(=O)O)NC(=O)C(C)(C)NC(=O)[C@@H](N)Cc1c[nH]cn1)[C@@H](C)O)[C@@H](C)O)C(C)C)C(=O)N[C@@H](CCC(=O)O)C(=O)N[C@@H](CCC(=O)O)C(=O)N[C@@H](CCC(N)=O)C(=O)N[C@@H](C)C(=O)N[C@@H](C)C(=O)O. The monoisotopic (exact) mass is 2050 g/mol. The zero-order chi connectivity index (χ0) is 110. The predicted octanol–water partition coefficient (Wildman–Crippen LogP) is -11.9. The van der Waals surface area contributed by atoms with E-state index in [1.807, 2.05) is 10.6 Å². The number of phenolic OH excluding ortho intramolecular Hbond substituents is 1. The van der Waals surface area contributed by atoms with Crippen LogP contribution in [0.1, 0.15) is 150 Å². The number of aliphatic hydroxyl groups excluding tert-OH is 5. The van der Waals surface area contributed by atoms with Gasteiger partial charge in [0.15, 0.2) is 0 Å². The van der Waals surface area contributed by atoms with E-state index in [1.165, 1.54) is 88.8 Å². The molecule has 0 saturated carbocycles. The summed E-state index contributed by atoms with van der Waals surface area (Å²) in [7, 11) is 0. The average molecular weight is 2060 g/mol. The van der Waals surface area contributed by atoms with E-state index in [9.17, 15) is 171 Å². The van der Waals surface area contributed by atoms with E-state index in [0.717, 1.165) is 27.7 Å². The zero-order valence-corrected chi connectivity index (χ0v) is 80.8. The second-order valence-electron chi connectivity index (χ2n) is 35.0. The first-order valence-electron chi connectivity index (χ1n) is 45.4. The lowest BCUT2D eigenvalue weighted by Crippen LogP contribution is -2.63. The van der Waals surface area contributed by atoms with Crippen LogP contribution in [0.3, 0.4) is 0 Å². The maximum atomic E-state index is 14.6. The lowest BCUT2D eigenvalue weighted by molar-refractivity contribution is -0.142. The van der Waals surface area contributed by atoms with Gasteiger partial charge < -0.3 is 168 Å². The van der Waals surface area contributed by atoms with Crippen molar-refractivity contribution in [1.82, 2.24) is 106 Å². The highest BCUT2D eigenvalue weighted by Gasteiger charge is 2.42. The number of aliphatic carboxylic acids is 5. The first-order chi connectivity index (χ1) is 67.8. The summed E-state index contributed by atoms with van der Waals surface area (Å²) in [4.78, 5) is 328. The molecule has 19 atom stereocenters. The molecule has 57 nitrogen and oxygen atoms in total. The van der Waals surface area contributed by atoms with Crippen LogP contribution in [0.25, 0.3) is 0 Å². The number of carbonyl (C=O) groups excluding carboxylic acids is 19. The van der Waals surface area contributed by atoms with Gasteiger partial charge in [-0.25, -0.2) is 4.98 Å². The number of carbonyl (C=O) groups is 24. The normalized spacial score (nSPS) is 15.1. The van der Waals surface area contributed by atoms with Crippen molar-refractivity contribution in [2.24, 2.45) is 23.3 Å². The van der Waals surface area contributed by atoms with Gasteiger partial charge in [-0.05, 0) is 109 Å². The number of phenols is 1. The Hall–Kier alpha value is -15.5. The Morgan fingerprint density at radius 1 is 0.379 bits per heavy atom. The fraction of sp³-hybridized carbons (Fsp3) is 0.557. The number of aromatic hydroxyl groups is 1. The maximum absolute atomic E-state index is 14.6. The first kappa shape index (κ1) is 124. The smallest absolute Gasteiger partial charge is 0.325 e. The molecule has 0 spiro atoms. The third kappa shape index (κ3) is 44.3. The predicted molar refractivity (Wildman–Crippen MR) is 498 cm³/mol. The average Bonchev–Trinajstić information content (AvgIpc) is 1.70. The van der Waals surface area contributed by atoms with Crippen LogP contribution in [0.2, 0.25) is 0 Å². The number of aromatic nitrogens is 2. The molecule has 2 aromatic carbocycles. The number of amides is 19. The molecule has 0 aliphatic heterocycles. The third-order valence-electron chi connectivity index (χ3n) is 21.5. The number of nitrogens with two attached hydrogens (primary N) is 2. The molecular weight excluding hydrogens is 1930 g/mol. The number of carboxylic acids is 5. The van der Waals surface area contributed by atoms with Crippen molar-refractivity contribution in [2.75, 3.05) is 26.4 Å². The van der Waals surface area contributed by atoms with Gasteiger partial charge in [0.05, 0.1) is 63.1 Å². The number of rotatable bonds is 65. The summed E-state index contributed by atoms with van der Waals surface area (Å²) < 4.78 is 0. The number of aliphatic hydroxyl groups is 5. The number of imidazole rings is 1. The molecule has 0 aliphatic carbocycles. The number of carboxylic acid groups (broad SMARTS) is 5. The summed E-state index contributed by atoms with van der Waals surface area (Å²) in [6.07, 6.45) is -9.24. The van der Waals surface area contributed by atoms with Crippen molar-refractivity contribution in [1.29, 1.82) is 0 Å². The van der Waals surface area contributed by atoms with E-state index >= 15 is 0 Å². The summed E-state index contributed by atoms with van der Waals surface area (Å²) in [5.74, 6) is -33.2. The first-order valence-corrected chi connectivity index (χ1v) is 45.4. The van der Waals surface area contributed by atoms with Crippen molar-refractivity contribution in [3.05, 3.63) is 83.9 Å². The van der Waals surface area contributed by atoms with Crippen molar-refractivity contribution in [2.45, 2.75) is 273 Å². The van der Waals surface area contributed by atoms with E-state index in [1.54, 1.807) is 19.9 Å². The number of H-pyrrole nitrogens is 1. The molecular formula is C88H130N22O35. The van der Waals surface area contributed by atoms with Crippen LogP contribution in [0.15, 0.2) is 67.1 Å². The van der Waals surface area contributed by atoms with Gasteiger partial charge >= 0.3 is 29.8 Å². The lowest BCUT2D eigenvalue weighted by Gasteiger charge is -2.29. The quantitative estimate of drug-likeness (QED) is 0.0249. The number of aromatic amines is 1. The van der Waals surface area contributed by atoms with Crippen LogP contribution in [-0.2, 0) is 134 Å². The molecule has 1 heterocycles. The van der Waals surface area contributed by atoms with Crippen molar-refractivity contribution < 1.29 is 171 Å². The molecule has 0 unspecified atom stereocenters. The minimum absolute atomic E-state index is 0.0396. The van der Waals surface area contributed by atoms with Crippen LogP contribution in [0, 0.1) is 11.8 Å².